The van der Waals surface area contributed by atoms with E-state index in [0.29, 0.717) is 38.3 Å². The van der Waals surface area contributed by atoms with Crippen molar-refractivity contribution in [1.82, 2.24) is 14.4 Å². The van der Waals surface area contributed by atoms with Gasteiger partial charge in [0.2, 0.25) is 0 Å². The molecule has 0 bridgehead atoms. The van der Waals surface area contributed by atoms with E-state index in [1.54, 1.807) is 18.9 Å². The molecule has 1 saturated heterocycles. The van der Waals surface area contributed by atoms with E-state index in [4.69, 9.17) is 9.47 Å². The number of hydrogen-bond acceptors (Lipinski definition) is 4. The Bertz CT molecular complexity index is 1130. The summed E-state index contributed by atoms with van der Waals surface area (Å²) < 4.78 is 12.6. The number of carbonyl (C=O) groups excluding carboxylic acids is 2. The van der Waals surface area contributed by atoms with E-state index in [2.05, 4.69) is 4.57 Å². The number of piperazine rings is 1. The minimum absolute atomic E-state index is 0.0326. The minimum Gasteiger partial charge on any atom is -0.497 e. The Morgan fingerprint density at radius 3 is 2.27 bits per heavy atom. The van der Waals surface area contributed by atoms with Gasteiger partial charge in [0.25, 0.3) is 5.91 Å². The zero-order valence-corrected chi connectivity index (χ0v) is 19.3. The molecule has 2 heterocycles. The topological polar surface area (TPSA) is 64.0 Å². The molecular weight excluding hydrogens is 418 g/mol. The number of para-hydroxylation sites is 1. The number of ether oxygens (including phenoxy) is 2. The number of benzene rings is 2. The lowest BCUT2D eigenvalue weighted by Gasteiger charge is -2.34. The summed E-state index contributed by atoms with van der Waals surface area (Å²) in [7, 11) is 1.64. The fraction of sp³-hybridized carbons (Fsp3) is 0.308. The minimum atomic E-state index is -0.323. The molecule has 172 valence electrons. The fourth-order valence-electron chi connectivity index (χ4n) is 4.21. The van der Waals surface area contributed by atoms with Gasteiger partial charge in [-0.3, -0.25) is 4.79 Å². The average Bonchev–Trinajstić information content (AvgIpc) is 3.21. The molecule has 1 fully saturated rings. The van der Waals surface area contributed by atoms with Gasteiger partial charge in [0.1, 0.15) is 5.75 Å². The maximum atomic E-state index is 13.5. The van der Waals surface area contributed by atoms with E-state index in [1.807, 2.05) is 72.5 Å². The van der Waals surface area contributed by atoms with Gasteiger partial charge in [0.05, 0.1) is 25.0 Å². The molecular formula is C26H29N3O4. The molecule has 2 aromatic carbocycles. The molecule has 2 amide bonds. The van der Waals surface area contributed by atoms with E-state index in [9.17, 15) is 9.59 Å². The van der Waals surface area contributed by atoms with Crippen molar-refractivity contribution < 1.29 is 19.1 Å². The molecule has 33 heavy (non-hydrogen) atoms. The molecule has 7 heteroatoms. The Balaban J connectivity index is 1.67. The maximum absolute atomic E-state index is 13.5. The van der Waals surface area contributed by atoms with Crippen LogP contribution in [0, 0.1) is 6.92 Å². The van der Waals surface area contributed by atoms with Crippen molar-refractivity contribution in [3.8, 4) is 22.7 Å². The second-order valence-corrected chi connectivity index (χ2v) is 7.91. The first kappa shape index (κ1) is 22.5. The summed E-state index contributed by atoms with van der Waals surface area (Å²) in [5, 5.41) is 0. The summed E-state index contributed by atoms with van der Waals surface area (Å²) in [5.41, 5.74) is 4.40. The fourth-order valence-corrected chi connectivity index (χ4v) is 4.21. The highest BCUT2D eigenvalue weighted by atomic mass is 16.6. The quantitative estimate of drug-likeness (QED) is 0.583. The number of methoxy groups -OCH3 is 1. The average molecular weight is 448 g/mol. The van der Waals surface area contributed by atoms with Gasteiger partial charge < -0.3 is 23.8 Å². The van der Waals surface area contributed by atoms with E-state index < -0.39 is 0 Å². The summed E-state index contributed by atoms with van der Waals surface area (Å²) in [5.74, 6) is 0.726. The van der Waals surface area contributed by atoms with E-state index in [-0.39, 0.29) is 12.0 Å². The molecule has 0 N–H and O–H groups in total. The van der Waals surface area contributed by atoms with Crippen LogP contribution in [0.3, 0.4) is 0 Å². The van der Waals surface area contributed by atoms with Crippen molar-refractivity contribution in [1.29, 1.82) is 0 Å². The molecule has 0 unspecified atom stereocenters. The van der Waals surface area contributed by atoms with Crippen molar-refractivity contribution >= 4 is 12.0 Å². The first-order chi connectivity index (χ1) is 16.0. The number of rotatable bonds is 5. The van der Waals surface area contributed by atoms with Crippen LogP contribution in [0.25, 0.3) is 16.9 Å². The molecule has 1 aliphatic heterocycles. The molecule has 7 nitrogen and oxygen atoms in total. The zero-order valence-electron chi connectivity index (χ0n) is 19.3. The lowest BCUT2D eigenvalue weighted by Crippen LogP contribution is -2.50. The van der Waals surface area contributed by atoms with Crippen LogP contribution in [0.2, 0.25) is 0 Å². The predicted octanol–water partition coefficient (Wildman–Crippen LogP) is 4.38. The van der Waals surface area contributed by atoms with Gasteiger partial charge >= 0.3 is 6.09 Å². The number of nitrogens with zero attached hydrogens (tertiary/aromatic N) is 3. The summed E-state index contributed by atoms with van der Waals surface area (Å²) in [6, 6.07) is 19.8. The first-order valence-electron chi connectivity index (χ1n) is 11.2. The van der Waals surface area contributed by atoms with Crippen molar-refractivity contribution in [3.05, 3.63) is 71.9 Å². The van der Waals surface area contributed by atoms with Crippen LogP contribution in [0.4, 0.5) is 4.79 Å². The second-order valence-electron chi connectivity index (χ2n) is 7.91. The molecule has 1 aliphatic rings. The highest BCUT2D eigenvalue weighted by molar-refractivity contribution is 5.97. The Kier molecular flexibility index (Phi) is 6.68. The highest BCUT2D eigenvalue weighted by Gasteiger charge is 2.28. The largest absolute Gasteiger partial charge is 0.497 e. The highest BCUT2D eigenvalue weighted by Crippen LogP contribution is 2.32. The molecule has 0 saturated carbocycles. The van der Waals surface area contributed by atoms with Gasteiger partial charge in [-0.1, -0.05) is 30.3 Å². The number of amides is 2. The smallest absolute Gasteiger partial charge is 0.409 e. The molecule has 0 aliphatic carbocycles. The van der Waals surface area contributed by atoms with Crippen molar-refractivity contribution in [2.45, 2.75) is 13.8 Å². The van der Waals surface area contributed by atoms with Gasteiger partial charge in [-0.15, -0.1) is 0 Å². The Morgan fingerprint density at radius 1 is 0.909 bits per heavy atom. The van der Waals surface area contributed by atoms with Crippen LogP contribution in [0.5, 0.6) is 5.75 Å². The molecule has 3 aromatic rings. The van der Waals surface area contributed by atoms with Crippen LogP contribution in [-0.2, 0) is 4.74 Å². The summed E-state index contributed by atoms with van der Waals surface area (Å²) >= 11 is 0. The second kappa shape index (κ2) is 9.81. The third kappa shape index (κ3) is 4.58. The number of carbonyl (C=O) groups is 2. The summed E-state index contributed by atoms with van der Waals surface area (Å²) in [6.45, 7) is 5.98. The lowest BCUT2D eigenvalue weighted by atomic mass is 10.1. The van der Waals surface area contributed by atoms with Crippen LogP contribution in [0.15, 0.2) is 60.7 Å². The normalized spacial score (nSPS) is 13.7. The Labute approximate surface area is 194 Å². The van der Waals surface area contributed by atoms with Crippen molar-refractivity contribution in [2.75, 3.05) is 39.9 Å². The molecule has 1 aromatic heterocycles. The molecule has 0 spiro atoms. The first-order valence-corrected chi connectivity index (χ1v) is 11.2. The maximum Gasteiger partial charge on any atom is 0.409 e. The Morgan fingerprint density at radius 2 is 1.61 bits per heavy atom. The van der Waals surface area contributed by atoms with E-state index >= 15 is 0 Å². The van der Waals surface area contributed by atoms with E-state index in [0.717, 1.165) is 28.4 Å². The molecule has 0 radical (unpaired) electrons. The van der Waals surface area contributed by atoms with Crippen LogP contribution < -0.4 is 4.74 Å². The van der Waals surface area contributed by atoms with Gasteiger partial charge in [-0.2, -0.15) is 0 Å². The molecule has 4 rings (SSSR count). The van der Waals surface area contributed by atoms with Crippen LogP contribution in [0.1, 0.15) is 23.0 Å². The predicted molar refractivity (Wildman–Crippen MR) is 127 cm³/mol. The van der Waals surface area contributed by atoms with Crippen molar-refractivity contribution in [3.63, 3.8) is 0 Å². The Hall–Kier alpha value is -3.74. The summed E-state index contributed by atoms with van der Waals surface area (Å²) in [4.78, 5) is 29.0. The monoisotopic (exact) mass is 447 g/mol. The standard InChI is InChI=1S/C26H29N3O4/c1-4-33-26(31)28-15-13-27(14-16-28)25(30)23-18-24(20-9-8-12-22(17-20)32-3)29(19(23)2)21-10-6-5-7-11-21/h5-12,17-18H,4,13-16H2,1-3H3. The van der Waals surface area contributed by atoms with Crippen LogP contribution >= 0.6 is 0 Å². The van der Waals surface area contributed by atoms with Crippen LogP contribution in [-0.4, -0.2) is 66.3 Å². The third-order valence-electron chi connectivity index (χ3n) is 5.95. The number of hydrogen-bond donors (Lipinski definition) is 0. The van der Waals surface area contributed by atoms with Gasteiger partial charge in [-0.05, 0) is 44.2 Å². The van der Waals surface area contributed by atoms with Crippen molar-refractivity contribution in [2.24, 2.45) is 0 Å². The van der Waals surface area contributed by atoms with Gasteiger partial charge in [-0.25, -0.2) is 4.79 Å². The molecule has 0 atom stereocenters. The van der Waals surface area contributed by atoms with Gasteiger partial charge in [0, 0.05) is 43.1 Å². The third-order valence-corrected chi connectivity index (χ3v) is 5.95. The number of aromatic nitrogens is 1. The van der Waals surface area contributed by atoms with E-state index in [1.165, 1.54) is 0 Å². The zero-order chi connectivity index (χ0) is 23.4. The lowest BCUT2D eigenvalue weighted by molar-refractivity contribution is 0.0570. The van der Waals surface area contributed by atoms with Gasteiger partial charge in [0.15, 0.2) is 0 Å². The summed E-state index contributed by atoms with van der Waals surface area (Å²) in [6.07, 6.45) is -0.323. The SMILES string of the molecule is CCOC(=O)N1CCN(C(=O)c2cc(-c3cccc(OC)c3)n(-c3ccccc3)c2C)CC1.